The first-order valence-electron chi connectivity index (χ1n) is 4.15. The van der Waals surface area contributed by atoms with E-state index in [-0.39, 0.29) is 0 Å². The maximum atomic E-state index is 10.4. The van der Waals surface area contributed by atoms with Gasteiger partial charge in [0.15, 0.2) is 6.29 Å². The van der Waals surface area contributed by atoms with Crippen molar-refractivity contribution in [1.82, 2.24) is 9.97 Å². The molecule has 2 rings (SSSR count). The molecule has 0 unspecified atom stereocenters. The third kappa shape index (κ3) is 1.50. The van der Waals surface area contributed by atoms with Crippen LogP contribution in [0.2, 0.25) is 0 Å². The van der Waals surface area contributed by atoms with E-state index >= 15 is 0 Å². The Labute approximate surface area is 80.8 Å². The van der Waals surface area contributed by atoms with Crippen LogP contribution >= 0.6 is 0 Å². The third-order valence-electron chi connectivity index (χ3n) is 1.95. The van der Waals surface area contributed by atoms with Gasteiger partial charge < -0.3 is 10.7 Å². The van der Waals surface area contributed by atoms with E-state index in [0.29, 0.717) is 11.5 Å². The second kappa shape index (κ2) is 3.33. The van der Waals surface area contributed by atoms with Crippen molar-refractivity contribution in [3.05, 3.63) is 36.3 Å². The van der Waals surface area contributed by atoms with Crippen LogP contribution in [0.3, 0.4) is 0 Å². The van der Waals surface area contributed by atoms with E-state index in [9.17, 15) is 4.79 Å². The molecule has 0 aliphatic carbocycles. The van der Waals surface area contributed by atoms with Crippen molar-refractivity contribution in [2.24, 2.45) is 0 Å². The highest BCUT2D eigenvalue weighted by atomic mass is 16.1. The lowest BCUT2D eigenvalue weighted by molar-refractivity contribution is 0.111. The molecule has 70 valence electrons. The number of aldehydes is 1. The predicted molar refractivity (Wildman–Crippen MR) is 53.8 cm³/mol. The number of pyridine rings is 1. The zero-order valence-electron chi connectivity index (χ0n) is 7.40. The topological polar surface area (TPSA) is 71.8 Å². The molecule has 4 nitrogen and oxygen atoms in total. The quantitative estimate of drug-likeness (QED) is 0.699. The van der Waals surface area contributed by atoms with Crippen molar-refractivity contribution < 1.29 is 4.79 Å². The average Bonchev–Trinajstić information content (AvgIpc) is 2.66. The van der Waals surface area contributed by atoms with E-state index in [4.69, 9.17) is 5.73 Å². The van der Waals surface area contributed by atoms with Gasteiger partial charge in [-0.1, -0.05) is 0 Å². The molecule has 14 heavy (non-hydrogen) atoms. The zero-order chi connectivity index (χ0) is 9.97. The first-order valence-corrected chi connectivity index (χ1v) is 4.15. The highest BCUT2D eigenvalue weighted by Crippen LogP contribution is 2.20. The lowest BCUT2D eigenvalue weighted by Gasteiger charge is -1.97. The molecule has 0 atom stereocenters. The molecule has 0 saturated carbocycles. The van der Waals surface area contributed by atoms with Crippen LogP contribution in [0.5, 0.6) is 0 Å². The Morgan fingerprint density at radius 2 is 2.21 bits per heavy atom. The molecule has 4 heteroatoms. The van der Waals surface area contributed by atoms with Crippen molar-refractivity contribution in [2.45, 2.75) is 0 Å². The second-order valence-corrected chi connectivity index (χ2v) is 2.93. The van der Waals surface area contributed by atoms with Crippen molar-refractivity contribution in [2.75, 3.05) is 5.73 Å². The van der Waals surface area contributed by atoms with Crippen LogP contribution in [0.25, 0.3) is 11.1 Å². The molecule has 0 fully saturated rings. The average molecular weight is 187 g/mol. The van der Waals surface area contributed by atoms with Crippen LogP contribution in [-0.2, 0) is 0 Å². The normalized spacial score (nSPS) is 10.0. The number of anilines is 1. The first kappa shape index (κ1) is 8.50. The van der Waals surface area contributed by atoms with Crippen LogP contribution in [0.4, 0.5) is 5.82 Å². The van der Waals surface area contributed by atoms with Crippen LogP contribution in [0, 0.1) is 0 Å². The van der Waals surface area contributed by atoms with E-state index in [1.165, 1.54) is 0 Å². The molecule has 0 radical (unpaired) electrons. The zero-order valence-corrected chi connectivity index (χ0v) is 7.40. The number of carbonyl (C=O) groups excluding carboxylic acids is 1. The fourth-order valence-corrected chi connectivity index (χ4v) is 1.27. The Morgan fingerprint density at radius 1 is 1.36 bits per heavy atom. The van der Waals surface area contributed by atoms with Gasteiger partial charge in [0.1, 0.15) is 5.82 Å². The fourth-order valence-electron chi connectivity index (χ4n) is 1.27. The van der Waals surface area contributed by atoms with Gasteiger partial charge in [-0.3, -0.25) is 4.79 Å². The molecule has 2 heterocycles. The van der Waals surface area contributed by atoms with Gasteiger partial charge in [0.2, 0.25) is 0 Å². The first-order chi connectivity index (χ1) is 6.79. The Kier molecular flexibility index (Phi) is 2.02. The monoisotopic (exact) mass is 187 g/mol. The number of rotatable bonds is 2. The van der Waals surface area contributed by atoms with Gasteiger partial charge in [-0.15, -0.1) is 0 Å². The SMILES string of the molecule is Nc1cc(-c2c[nH]c(C=O)c2)ccn1. The molecule has 0 aliphatic rings. The number of nitrogens with one attached hydrogen (secondary N) is 1. The molecular formula is C10H9N3O. The van der Waals surface area contributed by atoms with E-state index in [1.807, 2.05) is 6.07 Å². The minimum Gasteiger partial charge on any atom is -0.384 e. The number of carbonyl (C=O) groups is 1. The number of nitrogen functional groups attached to an aromatic ring is 1. The van der Waals surface area contributed by atoms with Crippen LogP contribution in [0.1, 0.15) is 10.5 Å². The molecular weight excluding hydrogens is 178 g/mol. The summed E-state index contributed by atoms with van der Waals surface area (Å²) >= 11 is 0. The summed E-state index contributed by atoms with van der Waals surface area (Å²) in [5.41, 5.74) is 7.97. The van der Waals surface area contributed by atoms with E-state index in [0.717, 1.165) is 17.4 Å². The Balaban J connectivity index is 2.43. The van der Waals surface area contributed by atoms with Gasteiger partial charge in [0, 0.05) is 18.0 Å². The van der Waals surface area contributed by atoms with Gasteiger partial charge in [0.25, 0.3) is 0 Å². The fraction of sp³-hybridized carbons (Fsp3) is 0. The van der Waals surface area contributed by atoms with E-state index in [1.54, 1.807) is 24.5 Å². The molecule has 0 saturated heterocycles. The Bertz CT molecular complexity index is 462. The van der Waals surface area contributed by atoms with Crippen LogP contribution < -0.4 is 5.73 Å². The molecule has 0 amide bonds. The number of H-pyrrole nitrogens is 1. The molecule has 2 aromatic rings. The van der Waals surface area contributed by atoms with E-state index < -0.39 is 0 Å². The number of nitrogens with two attached hydrogens (primary N) is 1. The van der Waals surface area contributed by atoms with Gasteiger partial charge >= 0.3 is 0 Å². The number of nitrogens with zero attached hydrogens (tertiary/aromatic N) is 1. The summed E-state index contributed by atoms with van der Waals surface area (Å²) in [5.74, 6) is 0.469. The van der Waals surface area contributed by atoms with Crippen molar-refractivity contribution >= 4 is 12.1 Å². The molecule has 0 aromatic carbocycles. The van der Waals surface area contributed by atoms with Crippen molar-refractivity contribution in [1.29, 1.82) is 0 Å². The smallest absolute Gasteiger partial charge is 0.166 e. The highest BCUT2D eigenvalue weighted by Gasteiger charge is 2.01. The minimum atomic E-state index is 0.469. The van der Waals surface area contributed by atoms with Gasteiger partial charge in [-0.05, 0) is 23.8 Å². The highest BCUT2D eigenvalue weighted by molar-refractivity contribution is 5.77. The molecule has 2 aromatic heterocycles. The molecule has 0 bridgehead atoms. The standard InChI is InChI=1S/C10H9N3O/c11-10-4-7(1-2-12-10)8-3-9(6-14)13-5-8/h1-6,13H,(H2,11,12). The largest absolute Gasteiger partial charge is 0.384 e. The maximum absolute atomic E-state index is 10.4. The molecule has 0 spiro atoms. The molecule has 0 aliphatic heterocycles. The summed E-state index contributed by atoms with van der Waals surface area (Å²) < 4.78 is 0. The van der Waals surface area contributed by atoms with E-state index in [2.05, 4.69) is 9.97 Å². The lowest BCUT2D eigenvalue weighted by atomic mass is 10.1. The molecule has 3 N–H and O–H groups in total. The number of aromatic amines is 1. The summed E-state index contributed by atoms with van der Waals surface area (Å²) in [6, 6.07) is 5.37. The predicted octanol–water partition coefficient (Wildman–Crippen LogP) is 1.47. The van der Waals surface area contributed by atoms with Crippen molar-refractivity contribution in [3.63, 3.8) is 0 Å². The van der Waals surface area contributed by atoms with Crippen molar-refractivity contribution in [3.8, 4) is 11.1 Å². The Morgan fingerprint density at radius 3 is 2.86 bits per heavy atom. The maximum Gasteiger partial charge on any atom is 0.166 e. The van der Waals surface area contributed by atoms with Gasteiger partial charge in [0.05, 0.1) is 5.69 Å². The van der Waals surface area contributed by atoms with Gasteiger partial charge in [-0.2, -0.15) is 0 Å². The third-order valence-corrected chi connectivity index (χ3v) is 1.95. The van der Waals surface area contributed by atoms with Gasteiger partial charge in [-0.25, -0.2) is 4.98 Å². The summed E-state index contributed by atoms with van der Waals surface area (Å²) in [4.78, 5) is 17.2. The number of hydrogen-bond acceptors (Lipinski definition) is 3. The summed E-state index contributed by atoms with van der Waals surface area (Å²) in [6.07, 6.45) is 4.17. The number of aromatic nitrogens is 2. The lowest BCUT2D eigenvalue weighted by Crippen LogP contribution is -1.88. The summed E-state index contributed by atoms with van der Waals surface area (Å²) in [5, 5.41) is 0. The van der Waals surface area contributed by atoms with Crippen LogP contribution in [0.15, 0.2) is 30.6 Å². The minimum absolute atomic E-state index is 0.469. The second-order valence-electron chi connectivity index (χ2n) is 2.93. The summed E-state index contributed by atoms with van der Waals surface area (Å²) in [6.45, 7) is 0. The summed E-state index contributed by atoms with van der Waals surface area (Å²) in [7, 11) is 0. The van der Waals surface area contributed by atoms with Crippen LogP contribution in [-0.4, -0.2) is 16.3 Å². The number of hydrogen-bond donors (Lipinski definition) is 2. The Hall–Kier alpha value is -2.10.